The highest BCUT2D eigenvalue weighted by Crippen LogP contribution is 2.30. The molecule has 0 radical (unpaired) electrons. The van der Waals surface area contributed by atoms with Gasteiger partial charge in [0.05, 0.1) is 23.0 Å². The van der Waals surface area contributed by atoms with Gasteiger partial charge in [-0.15, -0.1) is 0 Å². The highest BCUT2D eigenvalue weighted by atomic mass is 16.5. The Hall–Kier alpha value is -1.95. The number of ether oxygens (including phenoxy) is 1. The van der Waals surface area contributed by atoms with Crippen LogP contribution in [0.3, 0.4) is 0 Å². The summed E-state index contributed by atoms with van der Waals surface area (Å²) in [6, 6.07) is 3.54. The Morgan fingerprint density at radius 1 is 1.56 bits per heavy atom. The zero-order chi connectivity index (χ0) is 12.7. The lowest BCUT2D eigenvalue weighted by atomic mass is 10.2. The second kappa shape index (κ2) is 4.06. The number of nitrogen functional groups attached to an aromatic ring is 1. The Balaban J connectivity index is 2.01. The smallest absolute Gasteiger partial charge is 0.408 e. The number of methoxy groups -OCH3 is 1. The van der Waals surface area contributed by atoms with Crippen LogP contribution in [0.5, 0.6) is 0 Å². The molecule has 0 saturated carbocycles. The fourth-order valence-corrected chi connectivity index (χ4v) is 2.41. The van der Waals surface area contributed by atoms with Crippen molar-refractivity contribution in [1.82, 2.24) is 4.98 Å². The van der Waals surface area contributed by atoms with Gasteiger partial charge in [0, 0.05) is 26.3 Å². The first-order chi connectivity index (χ1) is 8.67. The number of aromatic nitrogens is 1. The van der Waals surface area contributed by atoms with Crippen LogP contribution < -0.4 is 16.4 Å². The van der Waals surface area contributed by atoms with Crippen LogP contribution in [0.4, 0.5) is 11.4 Å². The molecule has 1 atom stereocenters. The Labute approximate surface area is 103 Å². The summed E-state index contributed by atoms with van der Waals surface area (Å²) in [5, 5.41) is 0. The van der Waals surface area contributed by atoms with E-state index in [1.807, 2.05) is 6.07 Å². The van der Waals surface area contributed by atoms with Gasteiger partial charge in [0.25, 0.3) is 0 Å². The number of nitrogens with two attached hydrogens (primary N) is 1. The molecule has 2 aromatic rings. The number of nitrogens with zero attached hydrogens (tertiary/aromatic N) is 1. The lowest BCUT2D eigenvalue weighted by Crippen LogP contribution is -2.23. The molecule has 1 unspecified atom stereocenters. The molecule has 18 heavy (non-hydrogen) atoms. The van der Waals surface area contributed by atoms with Crippen molar-refractivity contribution in [3.05, 3.63) is 22.7 Å². The third-order valence-electron chi connectivity index (χ3n) is 3.39. The first kappa shape index (κ1) is 11.2. The van der Waals surface area contributed by atoms with Crippen LogP contribution in [-0.4, -0.2) is 31.3 Å². The van der Waals surface area contributed by atoms with Crippen molar-refractivity contribution >= 4 is 22.5 Å². The molecular formula is C12H15N3O3. The minimum absolute atomic E-state index is 0.239. The summed E-state index contributed by atoms with van der Waals surface area (Å²) in [6.45, 7) is 1.71. The van der Waals surface area contributed by atoms with Crippen molar-refractivity contribution in [2.45, 2.75) is 12.5 Å². The third kappa shape index (κ3) is 1.74. The standard InChI is InChI=1S/C12H15N3O3/c1-17-7-2-3-15(6-7)10-5-9-11(4-8(10)13)18-12(16)14-9/h4-5,7H,2-3,6,13H2,1H3,(H,14,16). The van der Waals surface area contributed by atoms with E-state index in [1.165, 1.54) is 0 Å². The number of rotatable bonds is 2. The Kier molecular flexibility index (Phi) is 2.52. The van der Waals surface area contributed by atoms with Crippen molar-refractivity contribution in [3.8, 4) is 0 Å². The molecule has 3 N–H and O–H groups in total. The van der Waals surface area contributed by atoms with Gasteiger partial charge < -0.3 is 19.8 Å². The van der Waals surface area contributed by atoms with Crippen LogP contribution >= 0.6 is 0 Å². The average molecular weight is 249 g/mol. The molecule has 1 aliphatic heterocycles. The zero-order valence-corrected chi connectivity index (χ0v) is 10.1. The number of benzene rings is 1. The highest BCUT2D eigenvalue weighted by molar-refractivity contribution is 5.85. The van der Waals surface area contributed by atoms with Crippen LogP contribution in [0.25, 0.3) is 11.1 Å². The molecule has 1 fully saturated rings. The lowest BCUT2D eigenvalue weighted by Gasteiger charge is -2.20. The van der Waals surface area contributed by atoms with Gasteiger partial charge in [0.15, 0.2) is 5.58 Å². The average Bonchev–Trinajstić information content (AvgIpc) is 2.92. The molecule has 6 nitrogen and oxygen atoms in total. The maximum absolute atomic E-state index is 11.1. The molecule has 96 valence electrons. The Morgan fingerprint density at radius 2 is 2.39 bits per heavy atom. The summed E-state index contributed by atoms with van der Waals surface area (Å²) < 4.78 is 10.3. The molecule has 3 rings (SSSR count). The maximum atomic E-state index is 11.1. The number of anilines is 2. The highest BCUT2D eigenvalue weighted by Gasteiger charge is 2.24. The van der Waals surface area contributed by atoms with Crippen molar-refractivity contribution in [2.24, 2.45) is 0 Å². The van der Waals surface area contributed by atoms with Crippen molar-refractivity contribution in [3.63, 3.8) is 0 Å². The van der Waals surface area contributed by atoms with Gasteiger partial charge in [-0.2, -0.15) is 0 Å². The summed E-state index contributed by atoms with van der Waals surface area (Å²) in [5.74, 6) is -0.460. The van der Waals surface area contributed by atoms with Crippen LogP contribution in [0, 0.1) is 0 Å². The van der Waals surface area contributed by atoms with Gasteiger partial charge >= 0.3 is 5.76 Å². The minimum atomic E-state index is -0.460. The van der Waals surface area contributed by atoms with Crippen LogP contribution in [0.1, 0.15) is 6.42 Å². The summed E-state index contributed by atoms with van der Waals surface area (Å²) in [4.78, 5) is 15.9. The number of hydrogen-bond acceptors (Lipinski definition) is 5. The number of nitrogens with one attached hydrogen (secondary N) is 1. The fourth-order valence-electron chi connectivity index (χ4n) is 2.41. The van der Waals surface area contributed by atoms with Gasteiger partial charge in [0.2, 0.25) is 0 Å². The predicted octanol–water partition coefficient (Wildman–Crippen LogP) is 0.928. The third-order valence-corrected chi connectivity index (χ3v) is 3.39. The Bertz CT molecular complexity index is 631. The predicted molar refractivity (Wildman–Crippen MR) is 68.9 cm³/mol. The second-order valence-corrected chi connectivity index (χ2v) is 4.51. The van der Waals surface area contributed by atoms with E-state index in [2.05, 4.69) is 9.88 Å². The van der Waals surface area contributed by atoms with Crippen LogP contribution in [-0.2, 0) is 4.74 Å². The molecule has 1 aromatic carbocycles. The van der Waals surface area contributed by atoms with Crippen molar-refractivity contribution < 1.29 is 9.15 Å². The second-order valence-electron chi connectivity index (χ2n) is 4.51. The summed E-state index contributed by atoms with van der Waals surface area (Å²) in [6.07, 6.45) is 1.22. The monoisotopic (exact) mass is 249 g/mol. The number of H-pyrrole nitrogens is 1. The van der Waals surface area contributed by atoms with E-state index < -0.39 is 5.76 Å². The summed E-state index contributed by atoms with van der Waals surface area (Å²) in [7, 11) is 1.72. The van der Waals surface area contributed by atoms with Crippen LogP contribution in [0.15, 0.2) is 21.3 Å². The van der Waals surface area contributed by atoms with Gasteiger partial charge in [-0.25, -0.2) is 4.79 Å². The number of oxazole rings is 1. The Morgan fingerprint density at radius 3 is 3.11 bits per heavy atom. The first-order valence-electron chi connectivity index (χ1n) is 5.87. The summed E-state index contributed by atoms with van der Waals surface area (Å²) >= 11 is 0. The molecule has 1 saturated heterocycles. The maximum Gasteiger partial charge on any atom is 0.417 e. The number of fused-ring (bicyclic) bond motifs is 1. The van der Waals surface area contributed by atoms with Gasteiger partial charge in [0.1, 0.15) is 0 Å². The molecule has 0 bridgehead atoms. The van der Waals surface area contributed by atoms with Crippen molar-refractivity contribution in [1.29, 1.82) is 0 Å². The van der Waals surface area contributed by atoms with E-state index in [0.717, 1.165) is 25.2 Å². The van der Waals surface area contributed by atoms with E-state index in [9.17, 15) is 4.79 Å². The largest absolute Gasteiger partial charge is 0.417 e. The quantitative estimate of drug-likeness (QED) is 0.773. The number of hydrogen-bond donors (Lipinski definition) is 2. The summed E-state index contributed by atoms with van der Waals surface area (Å²) in [5.41, 5.74) is 8.69. The number of aromatic amines is 1. The van der Waals surface area contributed by atoms with E-state index in [4.69, 9.17) is 14.9 Å². The van der Waals surface area contributed by atoms with Crippen molar-refractivity contribution in [2.75, 3.05) is 30.8 Å². The fraction of sp³-hybridized carbons (Fsp3) is 0.417. The van der Waals surface area contributed by atoms with E-state index in [0.29, 0.717) is 16.8 Å². The molecular weight excluding hydrogens is 234 g/mol. The minimum Gasteiger partial charge on any atom is -0.408 e. The first-order valence-corrected chi connectivity index (χ1v) is 5.87. The van der Waals surface area contributed by atoms with E-state index in [-0.39, 0.29) is 6.10 Å². The SMILES string of the molecule is COC1CCN(c2cc3[nH]c(=O)oc3cc2N)C1. The molecule has 0 spiro atoms. The normalized spacial score (nSPS) is 19.8. The molecule has 1 aromatic heterocycles. The molecule has 0 aliphatic carbocycles. The van der Waals surface area contributed by atoms with Crippen LogP contribution in [0.2, 0.25) is 0 Å². The zero-order valence-electron chi connectivity index (χ0n) is 10.1. The lowest BCUT2D eigenvalue weighted by molar-refractivity contribution is 0.121. The molecule has 1 aliphatic rings. The molecule has 6 heteroatoms. The topological polar surface area (TPSA) is 84.5 Å². The molecule has 0 amide bonds. The van der Waals surface area contributed by atoms with E-state index >= 15 is 0 Å². The van der Waals surface area contributed by atoms with E-state index in [1.54, 1.807) is 13.2 Å². The van der Waals surface area contributed by atoms with Gasteiger partial charge in [-0.1, -0.05) is 0 Å². The van der Waals surface area contributed by atoms with Gasteiger partial charge in [-0.05, 0) is 12.5 Å². The molecule has 2 heterocycles. The van der Waals surface area contributed by atoms with Gasteiger partial charge in [-0.3, -0.25) is 4.98 Å².